The highest BCUT2D eigenvalue weighted by Gasteiger charge is 2.31. The number of methoxy groups -OCH3 is 1. The Morgan fingerprint density at radius 3 is 2.38 bits per heavy atom. The minimum Gasteiger partial charge on any atom is -0.493 e. The number of rotatable bonds is 9. The molecule has 0 saturated heterocycles. The van der Waals surface area contributed by atoms with E-state index in [0.717, 1.165) is 46.2 Å². The Labute approximate surface area is 174 Å². The molecule has 0 radical (unpaired) electrons. The number of hydrogen-bond acceptors (Lipinski definition) is 3. The van der Waals surface area contributed by atoms with E-state index >= 15 is 0 Å². The Morgan fingerprint density at radius 2 is 1.69 bits per heavy atom. The zero-order valence-electron chi connectivity index (χ0n) is 17.1. The van der Waals surface area contributed by atoms with Crippen LogP contribution in [-0.2, 0) is 11.8 Å². The van der Waals surface area contributed by atoms with E-state index in [4.69, 9.17) is 9.47 Å². The van der Waals surface area contributed by atoms with Gasteiger partial charge in [-0.15, -0.1) is 0 Å². The first-order chi connectivity index (χ1) is 14.1. The predicted molar refractivity (Wildman–Crippen MR) is 121 cm³/mol. The van der Waals surface area contributed by atoms with Gasteiger partial charge in [-0.25, -0.2) is 0 Å². The molecule has 0 aromatic heterocycles. The molecule has 29 heavy (non-hydrogen) atoms. The molecule has 2 atom stereocenters. The second kappa shape index (κ2) is 9.71. The molecule has 150 valence electrons. The van der Waals surface area contributed by atoms with Crippen LogP contribution in [0.5, 0.6) is 11.5 Å². The quantitative estimate of drug-likeness (QED) is 0.337. The molecular weight excluding hydrogens is 379 g/mol. The van der Waals surface area contributed by atoms with Crippen LogP contribution in [0.1, 0.15) is 41.8 Å². The maximum atomic E-state index is 11.5. The third kappa shape index (κ3) is 4.86. The average molecular weight is 406 g/mol. The summed E-state index contributed by atoms with van der Waals surface area (Å²) >= 11 is 0. The number of carbonyl (C=O) groups is 1. The van der Waals surface area contributed by atoms with Crippen molar-refractivity contribution in [2.24, 2.45) is 0 Å². The van der Waals surface area contributed by atoms with Gasteiger partial charge in [-0.1, -0.05) is 89.2 Å². The molecule has 2 unspecified atom stereocenters. The third-order valence-corrected chi connectivity index (χ3v) is 7.12. The number of ether oxygens (including phenoxy) is 2. The highest BCUT2D eigenvalue weighted by molar-refractivity contribution is 7.48. The van der Waals surface area contributed by atoms with Gasteiger partial charge in [0.05, 0.1) is 7.11 Å². The van der Waals surface area contributed by atoms with Crippen molar-refractivity contribution in [3.63, 3.8) is 0 Å². The minimum atomic E-state index is -0.181. The summed E-state index contributed by atoms with van der Waals surface area (Å²) in [5, 5.41) is 0.892. The molecule has 3 aromatic carbocycles. The summed E-state index contributed by atoms with van der Waals surface area (Å²) in [6.45, 7) is 4.89. The van der Waals surface area contributed by atoms with Crippen molar-refractivity contribution in [3.05, 3.63) is 89.5 Å². The first kappa shape index (κ1) is 21.1. The lowest BCUT2D eigenvalue weighted by atomic mass is 9.96. The van der Waals surface area contributed by atoms with Crippen molar-refractivity contribution in [3.8, 4) is 11.5 Å². The zero-order chi connectivity index (χ0) is 20.7. The Kier molecular flexibility index (Phi) is 7.06. The first-order valence-electron chi connectivity index (χ1n) is 9.78. The topological polar surface area (TPSA) is 35.5 Å². The molecule has 0 amide bonds. The van der Waals surface area contributed by atoms with E-state index in [-0.39, 0.29) is 5.16 Å². The van der Waals surface area contributed by atoms with Gasteiger partial charge in [0.2, 0.25) is 0 Å². The van der Waals surface area contributed by atoms with E-state index in [1.165, 1.54) is 0 Å². The molecular formula is C25H27O3P. The summed E-state index contributed by atoms with van der Waals surface area (Å²) in [6.07, 6.45) is 1.85. The molecule has 0 aliphatic carbocycles. The van der Waals surface area contributed by atoms with Crippen LogP contribution in [0.4, 0.5) is 0 Å². The Balaban J connectivity index is 1.99. The van der Waals surface area contributed by atoms with Gasteiger partial charge in [-0.05, 0) is 23.4 Å². The zero-order valence-corrected chi connectivity index (χ0v) is 18.1. The second-order valence-corrected chi connectivity index (χ2v) is 9.02. The lowest BCUT2D eigenvalue weighted by molar-refractivity contribution is 0.112. The van der Waals surface area contributed by atoms with Crippen LogP contribution in [0.25, 0.3) is 0 Å². The molecule has 3 aromatic rings. The van der Waals surface area contributed by atoms with E-state index in [1.54, 1.807) is 7.11 Å². The smallest absolute Gasteiger partial charge is 0.165 e. The van der Waals surface area contributed by atoms with Crippen molar-refractivity contribution in [2.45, 2.75) is 32.0 Å². The number of aldehydes is 1. The van der Waals surface area contributed by atoms with Crippen molar-refractivity contribution in [1.82, 2.24) is 0 Å². The van der Waals surface area contributed by atoms with E-state index in [2.05, 4.69) is 32.0 Å². The van der Waals surface area contributed by atoms with E-state index in [9.17, 15) is 4.79 Å². The second-order valence-electron chi connectivity index (χ2n) is 7.13. The van der Waals surface area contributed by atoms with Crippen LogP contribution in [0, 0.1) is 0 Å². The summed E-state index contributed by atoms with van der Waals surface area (Å²) in [5.74, 6) is 1.51. The number of hydrogen-bond donors (Lipinski definition) is 0. The van der Waals surface area contributed by atoms with Crippen LogP contribution in [0.15, 0.2) is 72.8 Å². The van der Waals surface area contributed by atoms with E-state index in [0.29, 0.717) is 15.2 Å². The van der Waals surface area contributed by atoms with Crippen LogP contribution in [-0.4, -0.2) is 13.4 Å². The highest BCUT2D eigenvalue weighted by Crippen LogP contribution is 2.50. The number of carbonyl (C=O) groups excluding carboxylic acids is 1. The molecule has 0 bridgehead atoms. The fraction of sp³-hybridized carbons (Fsp3) is 0.240. The molecule has 0 spiro atoms. The van der Waals surface area contributed by atoms with Gasteiger partial charge in [-0.3, -0.25) is 4.79 Å². The fourth-order valence-corrected chi connectivity index (χ4v) is 4.92. The SMILES string of the molecule is CCC(C)(Pc1ccccc1C=O)c1cccc(OC)c1OCc1ccccc1. The van der Waals surface area contributed by atoms with Crippen molar-refractivity contribution in [1.29, 1.82) is 0 Å². The molecule has 3 nitrogen and oxygen atoms in total. The van der Waals surface area contributed by atoms with Gasteiger partial charge < -0.3 is 9.47 Å². The van der Waals surface area contributed by atoms with Crippen LogP contribution < -0.4 is 14.8 Å². The average Bonchev–Trinajstić information content (AvgIpc) is 2.78. The molecule has 0 aliphatic heterocycles. The third-order valence-electron chi connectivity index (χ3n) is 5.22. The van der Waals surface area contributed by atoms with Gasteiger partial charge in [0.15, 0.2) is 17.8 Å². The molecule has 0 heterocycles. The molecule has 0 aliphatic rings. The van der Waals surface area contributed by atoms with Crippen molar-refractivity contribution in [2.75, 3.05) is 7.11 Å². The summed E-state index contributed by atoms with van der Waals surface area (Å²) in [4.78, 5) is 11.5. The Hall–Kier alpha value is -2.64. The van der Waals surface area contributed by atoms with Gasteiger partial charge in [-0.2, -0.15) is 0 Å². The fourth-order valence-electron chi connectivity index (χ4n) is 3.35. The molecule has 0 saturated carbocycles. The maximum Gasteiger partial charge on any atom is 0.165 e. The largest absolute Gasteiger partial charge is 0.493 e. The van der Waals surface area contributed by atoms with Gasteiger partial charge in [0.25, 0.3) is 0 Å². The van der Waals surface area contributed by atoms with Gasteiger partial charge >= 0.3 is 0 Å². The lowest BCUT2D eigenvalue weighted by Gasteiger charge is -2.32. The molecule has 4 heteroatoms. The molecule has 0 fully saturated rings. The Morgan fingerprint density at radius 1 is 0.966 bits per heavy atom. The normalized spacial score (nSPS) is 13.2. The van der Waals surface area contributed by atoms with Gasteiger partial charge in [0, 0.05) is 16.3 Å². The first-order valence-corrected chi connectivity index (χ1v) is 10.8. The van der Waals surface area contributed by atoms with E-state index in [1.807, 2.05) is 54.6 Å². The predicted octanol–water partition coefficient (Wildman–Crippen LogP) is 5.72. The summed E-state index contributed by atoms with van der Waals surface area (Å²) < 4.78 is 11.9. The molecule has 0 N–H and O–H groups in total. The van der Waals surface area contributed by atoms with Crippen LogP contribution in [0.3, 0.4) is 0 Å². The Bertz CT molecular complexity index is 955. The monoisotopic (exact) mass is 406 g/mol. The summed E-state index contributed by atoms with van der Waals surface area (Å²) in [6, 6.07) is 24.0. The standard InChI is InChI=1S/C25H27O3P/c1-4-25(2,29-23-16-9-8-13-20(23)17-26)21-14-10-15-22(27-3)24(21)28-18-19-11-6-5-7-12-19/h5-17,29H,4,18H2,1-3H3. The highest BCUT2D eigenvalue weighted by atomic mass is 31.1. The van der Waals surface area contributed by atoms with Crippen LogP contribution in [0.2, 0.25) is 0 Å². The van der Waals surface area contributed by atoms with Crippen molar-refractivity contribution < 1.29 is 14.3 Å². The van der Waals surface area contributed by atoms with Crippen molar-refractivity contribution >= 4 is 20.2 Å². The maximum absolute atomic E-state index is 11.5. The van der Waals surface area contributed by atoms with E-state index < -0.39 is 0 Å². The van der Waals surface area contributed by atoms with Gasteiger partial charge in [0.1, 0.15) is 6.61 Å². The minimum absolute atomic E-state index is 0.181. The summed E-state index contributed by atoms with van der Waals surface area (Å²) in [7, 11) is 2.10. The lowest BCUT2D eigenvalue weighted by Crippen LogP contribution is -2.21. The molecule has 3 rings (SSSR count). The summed E-state index contributed by atoms with van der Waals surface area (Å²) in [5.41, 5.74) is 2.96. The number of benzene rings is 3. The van der Waals surface area contributed by atoms with Crippen LogP contribution >= 0.6 is 8.58 Å². The number of para-hydroxylation sites is 1.